The van der Waals surface area contributed by atoms with Gasteiger partial charge in [0.1, 0.15) is 0 Å². The molecule has 0 aromatic rings. The summed E-state index contributed by atoms with van der Waals surface area (Å²) in [5.74, 6) is -0.113. The average molecular weight is 144 g/mol. The molecule has 1 aliphatic rings. The van der Waals surface area contributed by atoms with Crippen LogP contribution in [-0.4, -0.2) is 25.3 Å². The molecule has 0 radical (unpaired) electrons. The zero-order valence-corrected chi connectivity index (χ0v) is 6.13. The van der Waals surface area contributed by atoms with Gasteiger partial charge in [-0.15, -0.1) is 0 Å². The van der Waals surface area contributed by atoms with Crippen LogP contribution in [0.25, 0.3) is 0 Å². The molecule has 1 atom stereocenters. The average Bonchev–Trinajstić information content (AvgIpc) is 2.67. The largest absolute Gasteiger partial charge is 0.466 e. The highest BCUT2D eigenvalue weighted by molar-refractivity contribution is 5.69. The fourth-order valence-corrected chi connectivity index (χ4v) is 0.747. The lowest BCUT2D eigenvalue weighted by Crippen LogP contribution is -2.04. The van der Waals surface area contributed by atoms with Crippen molar-refractivity contribution in [3.8, 4) is 0 Å². The molecule has 1 saturated heterocycles. The van der Waals surface area contributed by atoms with Crippen molar-refractivity contribution in [2.45, 2.75) is 25.9 Å². The van der Waals surface area contributed by atoms with Gasteiger partial charge < -0.3 is 9.47 Å². The van der Waals surface area contributed by atoms with Crippen LogP contribution in [0.4, 0.5) is 0 Å². The van der Waals surface area contributed by atoms with Gasteiger partial charge in [0.15, 0.2) is 0 Å². The molecule has 1 unspecified atom stereocenters. The van der Waals surface area contributed by atoms with Crippen LogP contribution in [0.1, 0.15) is 19.8 Å². The Morgan fingerprint density at radius 3 is 3.00 bits per heavy atom. The smallest absolute Gasteiger partial charge is 0.305 e. The topological polar surface area (TPSA) is 38.8 Å². The van der Waals surface area contributed by atoms with Gasteiger partial charge in [-0.3, -0.25) is 4.79 Å². The second-order valence-corrected chi connectivity index (χ2v) is 2.30. The fourth-order valence-electron chi connectivity index (χ4n) is 0.747. The third-order valence-corrected chi connectivity index (χ3v) is 1.38. The van der Waals surface area contributed by atoms with E-state index in [1.807, 2.05) is 6.92 Å². The molecule has 0 bridgehead atoms. The summed E-state index contributed by atoms with van der Waals surface area (Å²) < 4.78 is 9.65. The summed E-state index contributed by atoms with van der Waals surface area (Å²) in [5, 5.41) is 0. The Kier molecular flexibility index (Phi) is 2.68. The number of carbonyl (C=O) groups excluding carboxylic acids is 1. The van der Waals surface area contributed by atoms with Crippen molar-refractivity contribution in [3.63, 3.8) is 0 Å². The summed E-state index contributed by atoms with van der Waals surface area (Å²) in [5.41, 5.74) is 0. The Hall–Kier alpha value is -0.570. The molecule has 58 valence electrons. The van der Waals surface area contributed by atoms with E-state index in [2.05, 4.69) is 0 Å². The molecule has 0 aromatic heterocycles. The summed E-state index contributed by atoms with van der Waals surface area (Å²) in [7, 11) is 0. The van der Waals surface area contributed by atoms with Crippen molar-refractivity contribution in [2.75, 3.05) is 13.2 Å². The van der Waals surface area contributed by atoms with Gasteiger partial charge >= 0.3 is 5.97 Å². The van der Waals surface area contributed by atoms with Gasteiger partial charge in [-0.25, -0.2) is 0 Å². The van der Waals surface area contributed by atoms with E-state index < -0.39 is 0 Å². The number of hydrogen-bond acceptors (Lipinski definition) is 3. The lowest BCUT2D eigenvalue weighted by atomic mass is 10.2. The minimum Gasteiger partial charge on any atom is -0.466 e. The highest BCUT2D eigenvalue weighted by atomic mass is 16.6. The highest BCUT2D eigenvalue weighted by Gasteiger charge is 2.22. The molecule has 1 aliphatic heterocycles. The molecule has 0 aliphatic carbocycles. The van der Waals surface area contributed by atoms with Crippen LogP contribution in [0, 0.1) is 0 Å². The molecule has 0 N–H and O–H groups in total. The number of carbonyl (C=O) groups is 1. The first kappa shape index (κ1) is 7.54. The number of esters is 1. The van der Waals surface area contributed by atoms with Crippen molar-refractivity contribution in [3.05, 3.63) is 0 Å². The first-order valence-electron chi connectivity index (χ1n) is 3.60. The van der Waals surface area contributed by atoms with E-state index in [-0.39, 0.29) is 5.97 Å². The summed E-state index contributed by atoms with van der Waals surface area (Å²) >= 11 is 0. The molecule has 0 aromatic carbocycles. The summed E-state index contributed by atoms with van der Waals surface area (Å²) in [4.78, 5) is 10.7. The standard InChI is InChI=1S/C7H12O3/c1-2-9-7(8)4-3-6-5-10-6/h6H,2-5H2,1H3. The molecule has 0 amide bonds. The van der Waals surface area contributed by atoms with E-state index in [0.29, 0.717) is 19.1 Å². The maximum atomic E-state index is 10.7. The van der Waals surface area contributed by atoms with E-state index >= 15 is 0 Å². The van der Waals surface area contributed by atoms with E-state index in [1.54, 1.807) is 0 Å². The molecular formula is C7H12O3. The molecular weight excluding hydrogens is 132 g/mol. The van der Waals surface area contributed by atoms with Gasteiger partial charge in [0.05, 0.1) is 19.3 Å². The van der Waals surface area contributed by atoms with Crippen LogP contribution >= 0.6 is 0 Å². The third-order valence-electron chi connectivity index (χ3n) is 1.38. The van der Waals surface area contributed by atoms with E-state index in [4.69, 9.17) is 9.47 Å². The molecule has 3 heteroatoms. The Labute approximate surface area is 60.3 Å². The van der Waals surface area contributed by atoms with Crippen molar-refractivity contribution < 1.29 is 14.3 Å². The summed E-state index contributed by atoms with van der Waals surface area (Å²) in [6, 6.07) is 0. The lowest BCUT2D eigenvalue weighted by Gasteiger charge is -1.97. The predicted octanol–water partition coefficient (Wildman–Crippen LogP) is 0.729. The Morgan fingerprint density at radius 1 is 1.80 bits per heavy atom. The van der Waals surface area contributed by atoms with Gasteiger partial charge in [0.25, 0.3) is 0 Å². The van der Waals surface area contributed by atoms with Crippen LogP contribution in [-0.2, 0) is 14.3 Å². The molecule has 10 heavy (non-hydrogen) atoms. The van der Waals surface area contributed by atoms with Crippen molar-refractivity contribution in [1.29, 1.82) is 0 Å². The van der Waals surface area contributed by atoms with E-state index in [0.717, 1.165) is 13.0 Å². The predicted molar refractivity (Wildman–Crippen MR) is 35.6 cm³/mol. The maximum Gasteiger partial charge on any atom is 0.305 e. The monoisotopic (exact) mass is 144 g/mol. The molecule has 1 rings (SSSR count). The number of ether oxygens (including phenoxy) is 2. The van der Waals surface area contributed by atoms with Crippen LogP contribution in [0.15, 0.2) is 0 Å². The first-order chi connectivity index (χ1) is 4.83. The second kappa shape index (κ2) is 3.56. The highest BCUT2D eigenvalue weighted by Crippen LogP contribution is 2.15. The van der Waals surface area contributed by atoms with Crippen LogP contribution in [0.5, 0.6) is 0 Å². The lowest BCUT2D eigenvalue weighted by molar-refractivity contribution is -0.143. The van der Waals surface area contributed by atoms with Gasteiger partial charge in [-0.05, 0) is 13.3 Å². The van der Waals surface area contributed by atoms with Crippen LogP contribution < -0.4 is 0 Å². The third kappa shape index (κ3) is 2.82. The minimum atomic E-state index is -0.113. The molecule has 1 fully saturated rings. The van der Waals surface area contributed by atoms with Gasteiger partial charge in [0.2, 0.25) is 0 Å². The molecule has 3 nitrogen and oxygen atoms in total. The number of hydrogen-bond donors (Lipinski definition) is 0. The van der Waals surface area contributed by atoms with E-state index in [9.17, 15) is 4.79 Å². The maximum absolute atomic E-state index is 10.7. The zero-order chi connectivity index (χ0) is 7.40. The Bertz CT molecular complexity index is 118. The van der Waals surface area contributed by atoms with Crippen molar-refractivity contribution in [2.24, 2.45) is 0 Å². The minimum absolute atomic E-state index is 0.113. The van der Waals surface area contributed by atoms with Gasteiger partial charge in [-0.1, -0.05) is 0 Å². The quantitative estimate of drug-likeness (QED) is 0.431. The van der Waals surface area contributed by atoms with Crippen molar-refractivity contribution in [1.82, 2.24) is 0 Å². The summed E-state index contributed by atoms with van der Waals surface area (Å²) in [6.07, 6.45) is 1.65. The fraction of sp³-hybridized carbons (Fsp3) is 0.857. The molecule has 0 spiro atoms. The van der Waals surface area contributed by atoms with E-state index in [1.165, 1.54) is 0 Å². The molecule has 1 heterocycles. The molecule has 0 saturated carbocycles. The van der Waals surface area contributed by atoms with Gasteiger partial charge in [0, 0.05) is 6.42 Å². The Balaban J connectivity index is 1.94. The second-order valence-electron chi connectivity index (χ2n) is 2.30. The number of epoxide rings is 1. The zero-order valence-electron chi connectivity index (χ0n) is 6.13. The summed E-state index contributed by atoms with van der Waals surface area (Å²) in [6.45, 7) is 3.11. The van der Waals surface area contributed by atoms with Crippen molar-refractivity contribution >= 4 is 5.97 Å². The first-order valence-corrected chi connectivity index (χ1v) is 3.60. The number of rotatable bonds is 4. The van der Waals surface area contributed by atoms with Crippen LogP contribution in [0.3, 0.4) is 0 Å². The normalized spacial score (nSPS) is 22.3. The Morgan fingerprint density at radius 2 is 2.50 bits per heavy atom. The van der Waals surface area contributed by atoms with Gasteiger partial charge in [-0.2, -0.15) is 0 Å². The van der Waals surface area contributed by atoms with Crippen LogP contribution in [0.2, 0.25) is 0 Å². The SMILES string of the molecule is CCOC(=O)CCC1CO1.